The van der Waals surface area contributed by atoms with E-state index < -0.39 is 0 Å². The first kappa shape index (κ1) is 15.0. The monoisotopic (exact) mass is 381 g/mol. The molecule has 2 nitrogen and oxygen atoms in total. The first-order chi connectivity index (χ1) is 8.10. The van der Waals surface area contributed by atoms with Gasteiger partial charge in [-0.2, -0.15) is 0 Å². The molecule has 1 amide bonds. The van der Waals surface area contributed by atoms with Gasteiger partial charge in [0.25, 0.3) is 5.91 Å². The molecule has 94 valence electrons. The zero-order valence-corrected chi connectivity index (χ0v) is 13.5. The second-order valence-electron chi connectivity index (χ2n) is 3.55. The number of nitrogens with zero attached hydrogens (tertiary/aromatic N) is 1. The van der Waals surface area contributed by atoms with Crippen molar-refractivity contribution in [3.05, 3.63) is 32.7 Å². The zero-order chi connectivity index (χ0) is 12.8. The van der Waals surface area contributed by atoms with Crippen LogP contribution < -0.4 is 0 Å². The van der Waals surface area contributed by atoms with Gasteiger partial charge >= 0.3 is 0 Å². The molecular weight excluding hydrogens is 369 g/mol. The van der Waals surface area contributed by atoms with Crippen LogP contribution in [0.2, 0.25) is 0 Å². The van der Waals surface area contributed by atoms with Crippen LogP contribution in [-0.4, -0.2) is 29.8 Å². The van der Waals surface area contributed by atoms with Crippen LogP contribution in [0.3, 0.4) is 0 Å². The Balaban J connectivity index is 2.86. The highest BCUT2D eigenvalue weighted by molar-refractivity contribution is 9.11. The third kappa shape index (κ3) is 4.27. The minimum Gasteiger partial charge on any atom is -0.339 e. The quantitative estimate of drug-likeness (QED) is 0.694. The van der Waals surface area contributed by atoms with E-state index in [-0.39, 0.29) is 5.91 Å². The summed E-state index contributed by atoms with van der Waals surface area (Å²) in [6.45, 7) is 3.36. The van der Waals surface area contributed by atoms with E-state index >= 15 is 0 Å². The van der Waals surface area contributed by atoms with Crippen molar-refractivity contribution in [3.8, 4) is 0 Å². The Morgan fingerprint density at radius 2 is 2.12 bits per heavy atom. The van der Waals surface area contributed by atoms with Gasteiger partial charge in [0.1, 0.15) is 0 Å². The molecule has 0 aliphatic carbocycles. The van der Waals surface area contributed by atoms with Crippen molar-refractivity contribution in [1.82, 2.24) is 4.90 Å². The summed E-state index contributed by atoms with van der Waals surface area (Å²) >= 11 is 12.4. The minimum atomic E-state index is 0.0389. The normalized spacial score (nSPS) is 10.4. The lowest BCUT2D eigenvalue weighted by Crippen LogP contribution is -2.32. The van der Waals surface area contributed by atoms with Crippen molar-refractivity contribution < 1.29 is 4.79 Å². The third-order valence-corrected chi connectivity index (χ3v) is 3.81. The van der Waals surface area contributed by atoms with Crippen molar-refractivity contribution in [2.24, 2.45) is 0 Å². The van der Waals surface area contributed by atoms with E-state index in [1.54, 1.807) is 4.90 Å². The molecule has 17 heavy (non-hydrogen) atoms. The average Bonchev–Trinajstić information content (AvgIpc) is 2.29. The van der Waals surface area contributed by atoms with E-state index in [1.807, 2.05) is 25.1 Å². The molecule has 1 aromatic carbocycles. The predicted molar refractivity (Wildman–Crippen MR) is 78.8 cm³/mol. The molecule has 0 radical (unpaired) electrons. The number of halogens is 3. The fourth-order valence-corrected chi connectivity index (χ4v) is 2.82. The number of alkyl halides is 1. The Morgan fingerprint density at radius 3 is 2.65 bits per heavy atom. The van der Waals surface area contributed by atoms with E-state index in [2.05, 4.69) is 31.9 Å². The fraction of sp³-hybridized carbons (Fsp3) is 0.417. The van der Waals surface area contributed by atoms with Gasteiger partial charge in [-0.3, -0.25) is 4.79 Å². The molecule has 0 atom stereocenters. The minimum absolute atomic E-state index is 0.0389. The standard InChI is InChI=1S/C12H14Br2ClNO/c1-2-16(7-3-6-15)12(17)10-5-4-9(13)8-11(10)14/h4-5,8H,2-3,6-7H2,1H3. The van der Waals surface area contributed by atoms with Gasteiger partial charge in [0.05, 0.1) is 5.56 Å². The van der Waals surface area contributed by atoms with Gasteiger partial charge in [0.15, 0.2) is 0 Å². The molecule has 0 unspecified atom stereocenters. The summed E-state index contributed by atoms with van der Waals surface area (Å²) in [5.74, 6) is 0.614. The van der Waals surface area contributed by atoms with E-state index in [0.717, 1.165) is 15.4 Å². The molecule has 0 aliphatic heterocycles. The van der Waals surface area contributed by atoms with Crippen LogP contribution in [0.15, 0.2) is 27.1 Å². The zero-order valence-electron chi connectivity index (χ0n) is 9.55. The molecular formula is C12H14Br2ClNO. The summed E-state index contributed by atoms with van der Waals surface area (Å²) in [4.78, 5) is 14.1. The molecule has 0 aliphatic rings. The number of hydrogen-bond donors (Lipinski definition) is 0. The molecule has 0 saturated heterocycles. The average molecular weight is 384 g/mol. The summed E-state index contributed by atoms with van der Waals surface area (Å²) in [5.41, 5.74) is 0.685. The van der Waals surface area contributed by atoms with Crippen molar-refractivity contribution in [3.63, 3.8) is 0 Å². The van der Waals surface area contributed by atoms with Gasteiger partial charge in [-0.05, 0) is 47.5 Å². The number of benzene rings is 1. The van der Waals surface area contributed by atoms with Crippen LogP contribution in [0.4, 0.5) is 0 Å². The SMILES string of the molecule is CCN(CCCCl)C(=O)c1ccc(Br)cc1Br. The Bertz CT molecular complexity index is 398. The molecule has 0 aromatic heterocycles. The number of carbonyl (C=O) groups excluding carboxylic acids is 1. The molecule has 0 heterocycles. The molecule has 0 spiro atoms. The number of amides is 1. The van der Waals surface area contributed by atoms with E-state index in [0.29, 0.717) is 24.5 Å². The summed E-state index contributed by atoms with van der Waals surface area (Å²) in [7, 11) is 0. The second kappa shape index (κ2) is 7.39. The maximum Gasteiger partial charge on any atom is 0.254 e. The predicted octanol–water partition coefficient (Wildman–Crippen LogP) is 4.30. The highest BCUT2D eigenvalue weighted by atomic mass is 79.9. The van der Waals surface area contributed by atoms with Gasteiger partial charge in [-0.15, -0.1) is 11.6 Å². The fourth-order valence-electron chi connectivity index (χ4n) is 1.49. The van der Waals surface area contributed by atoms with Crippen LogP contribution in [0, 0.1) is 0 Å². The maximum atomic E-state index is 12.3. The first-order valence-corrected chi connectivity index (χ1v) is 7.52. The van der Waals surface area contributed by atoms with Crippen molar-refractivity contribution in [2.45, 2.75) is 13.3 Å². The van der Waals surface area contributed by atoms with Crippen LogP contribution in [0.25, 0.3) is 0 Å². The molecule has 0 fully saturated rings. The summed E-state index contributed by atoms with van der Waals surface area (Å²) in [6, 6.07) is 5.57. The smallest absolute Gasteiger partial charge is 0.254 e. The Morgan fingerprint density at radius 1 is 1.41 bits per heavy atom. The van der Waals surface area contributed by atoms with E-state index in [9.17, 15) is 4.79 Å². The van der Waals surface area contributed by atoms with E-state index in [1.165, 1.54) is 0 Å². The van der Waals surface area contributed by atoms with Crippen molar-refractivity contribution >= 4 is 49.4 Å². The van der Waals surface area contributed by atoms with Crippen LogP contribution in [0.5, 0.6) is 0 Å². The summed E-state index contributed by atoms with van der Waals surface area (Å²) < 4.78 is 1.76. The third-order valence-electron chi connectivity index (χ3n) is 2.39. The molecule has 1 aromatic rings. The number of carbonyl (C=O) groups is 1. The molecule has 5 heteroatoms. The summed E-state index contributed by atoms with van der Waals surface area (Å²) in [5, 5.41) is 0. The Kier molecular flexibility index (Phi) is 6.52. The van der Waals surface area contributed by atoms with Gasteiger partial charge in [0, 0.05) is 27.9 Å². The lowest BCUT2D eigenvalue weighted by atomic mass is 10.2. The van der Waals surface area contributed by atoms with Crippen LogP contribution in [0.1, 0.15) is 23.7 Å². The molecule has 0 saturated carbocycles. The van der Waals surface area contributed by atoms with Crippen molar-refractivity contribution in [1.29, 1.82) is 0 Å². The maximum absolute atomic E-state index is 12.3. The molecule has 1 rings (SSSR count). The van der Waals surface area contributed by atoms with Crippen molar-refractivity contribution in [2.75, 3.05) is 19.0 Å². The number of hydrogen-bond acceptors (Lipinski definition) is 1. The Hall–Kier alpha value is -0.0600. The topological polar surface area (TPSA) is 20.3 Å². The second-order valence-corrected chi connectivity index (χ2v) is 5.70. The first-order valence-electron chi connectivity index (χ1n) is 5.40. The van der Waals surface area contributed by atoms with Crippen LogP contribution >= 0.6 is 43.5 Å². The Labute approximate surface area is 124 Å². The van der Waals surface area contributed by atoms with Gasteiger partial charge in [-0.25, -0.2) is 0 Å². The molecule has 0 N–H and O–H groups in total. The van der Waals surface area contributed by atoms with Crippen LogP contribution in [-0.2, 0) is 0 Å². The lowest BCUT2D eigenvalue weighted by Gasteiger charge is -2.21. The highest BCUT2D eigenvalue weighted by Gasteiger charge is 2.16. The van der Waals surface area contributed by atoms with E-state index in [4.69, 9.17) is 11.6 Å². The van der Waals surface area contributed by atoms with Gasteiger partial charge < -0.3 is 4.90 Å². The van der Waals surface area contributed by atoms with Gasteiger partial charge in [-0.1, -0.05) is 15.9 Å². The highest BCUT2D eigenvalue weighted by Crippen LogP contribution is 2.23. The lowest BCUT2D eigenvalue weighted by molar-refractivity contribution is 0.0764. The van der Waals surface area contributed by atoms with Gasteiger partial charge in [0.2, 0.25) is 0 Å². The number of rotatable bonds is 5. The molecule has 0 bridgehead atoms. The summed E-state index contributed by atoms with van der Waals surface area (Å²) in [6.07, 6.45) is 0.815. The largest absolute Gasteiger partial charge is 0.339 e.